The van der Waals surface area contributed by atoms with Crippen LogP contribution in [-0.4, -0.2) is 57.4 Å². The number of amides is 1. The van der Waals surface area contributed by atoms with Crippen molar-refractivity contribution < 1.29 is 31.5 Å². The topological polar surface area (TPSA) is 87.6 Å². The first-order valence-electron chi connectivity index (χ1n) is 11.8. The fourth-order valence-corrected chi connectivity index (χ4v) is 4.78. The van der Waals surface area contributed by atoms with E-state index in [1.54, 1.807) is 30.3 Å². The number of para-hydroxylation sites is 1. The fourth-order valence-electron chi connectivity index (χ4n) is 4.09. The van der Waals surface area contributed by atoms with Gasteiger partial charge in [-0.25, -0.2) is 4.39 Å². The van der Waals surface area contributed by atoms with Gasteiger partial charge < -0.3 is 30.4 Å². The van der Waals surface area contributed by atoms with Crippen molar-refractivity contribution in [2.24, 2.45) is 0 Å². The molecule has 38 heavy (non-hydrogen) atoms. The highest BCUT2D eigenvalue weighted by Crippen LogP contribution is 2.45. The molecule has 7 nitrogen and oxygen atoms in total. The number of methoxy groups -OCH3 is 1. The van der Waals surface area contributed by atoms with Gasteiger partial charge in [-0.2, -0.15) is 13.2 Å². The van der Waals surface area contributed by atoms with Gasteiger partial charge in [-0.05, 0) is 61.0 Å². The third-order valence-electron chi connectivity index (χ3n) is 5.89. The number of furan rings is 1. The first kappa shape index (κ1) is 27.5. The van der Waals surface area contributed by atoms with Gasteiger partial charge in [0, 0.05) is 24.5 Å². The maximum atomic E-state index is 14.4. The zero-order chi connectivity index (χ0) is 27.3. The molecule has 2 aromatic carbocycles. The van der Waals surface area contributed by atoms with Crippen molar-refractivity contribution in [1.29, 1.82) is 0 Å². The Hall–Kier alpha value is -3.56. The van der Waals surface area contributed by atoms with Crippen molar-refractivity contribution in [1.82, 2.24) is 10.6 Å². The summed E-state index contributed by atoms with van der Waals surface area (Å²) in [6.07, 6.45) is -0.632. The largest absolute Gasteiger partial charge is 0.495 e. The Morgan fingerprint density at radius 1 is 1.26 bits per heavy atom. The molecule has 1 fully saturated rings. The molecule has 4 rings (SSSR count). The number of rotatable bonds is 7. The summed E-state index contributed by atoms with van der Waals surface area (Å²) in [6.45, 7) is 0.855. The Bertz CT molecular complexity index is 1370. The first-order valence-corrected chi connectivity index (χ1v) is 12.6. The van der Waals surface area contributed by atoms with Crippen LogP contribution in [0, 0.1) is 11.8 Å². The van der Waals surface area contributed by atoms with Crippen LogP contribution in [0.1, 0.15) is 22.5 Å². The summed E-state index contributed by atoms with van der Waals surface area (Å²) in [5.41, 5.74) is -3.09. The van der Waals surface area contributed by atoms with Crippen LogP contribution >= 0.6 is 11.8 Å². The number of benzene rings is 2. The van der Waals surface area contributed by atoms with Gasteiger partial charge in [-0.3, -0.25) is 4.79 Å². The van der Waals surface area contributed by atoms with Crippen molar-refractivity contribution in [3.05, 3.63) is 47.7 Å². The van der Waals surface area contributed by atoms with Gasteiger partial charge in [-0.15, -0.1) is 0 Å². The Morgan fingerprint density at radius 3 is 2.79 bits per heavy atom. The number of nitrogens with one attached hydrogen (secondary N) is 4. The highest BCUT2D eigenvalue weighted by molar-refractivity contribution is 8.00. The number of alkyl halides is 4. The number of carbonyl (C=O) groups excluding carboxylic acids is 1. The normalized spacial score (nSPS) is 17.4. The van der Waals surface area contributed by atoms with Crippen molar-refractivity contribution in [3.63, 3.8) is 0 Å². The standard InChI is InChI=1S/C26H26F4N4O3S/c1-31-25(35)15-8-9-21(36-2)20(13-15)33-11-4-7-22-24(38-26(28,29)30)16-5-3-6-19(23(16)37-22)34-18-10-12-32-14-17(18)27/h3,5-6,8-9,13,17-18,32-34H,10-12,14H2,1-2H3,(H,31,35)/t17-,18+/m0/s1. The van der Waals surface area contributed by atoms with E-state index in [0.717, 1.165) is 0 Å². The quantitative estimate of drug-likeness (QED) is 0.187. The lowest BCUT2D eigenvalue weighted by Gasteiger charge is -2.28. The van der Waals surface area contributed by atoms with Crippen LogP contribution in [0.5, 0.6) is 5.75 Å². The molecule has 0 bridgehead atoms. The summed E-state index contributed by atoms with van der Waals surface area (Å²) in [5, 5.41) is 11.8. The Balaban J connectivity index is 1.62. The van der Waals surface area contributed by atoms with E-state index >= 15 is 0 Å². The van der Waals surface area contributed by atoms with Gasteiger partial charge in [0.2, 0.25) is 0 Å². The summed E-state index contributed by atoms with van der Waals surface area (Å²) in [4.78, 5) is 11.8. The van der Waals surface area contributed by atoms with E-state index in [1.165, 1.54) is 20.2 Å². The maximum absolute atomic E-state index is 14.4. The summed E-state index contributed by atoms with van der Waals surface area (Å²) in [7, 11) is 2.99. The van der Waals surface area contributed by atoms with E-state index in [4.69, 9.17) is 9.15 Å². The molecule has 1 aliphatic heterocycles. The Labute approximate surface area is 221 Å². The number of thioether (sulfide) groups is 1. The monoisotopic (exact) mass is 550 g/mol. The van der Waals surface area contributed by atoms with Gasteiger partial charge in [-0.1, -0.05) is 12.0 Å². The summed E-state index contributed by atoms with van der Waals surface area (Å²) in [6, 6.07) is 9.08. The number of anilines is 2. The summed E-state index contributed by atoms with van der Waals surface area (Å²) < 4.78 is 65.7. The molecular weight excluding hydrogens is 524 g/mol. The molecule has 2 heterocycles. The number of carbonyl (C=O) groups is 1. The molecule has 0 radical (unpaired) electrons. The van der Waals surface area contributed by atoms with E-state index in [1.807, 2.05) is 0 Å². The second kappa shape index (κ2) is 11.9. The van der Waals surface area contributed by atoms with Crippen molar-refractivity contribution in [2.45, 2.75) is 29.0 Å². The van der Waals surface area contributed by atoms with Crippen LogP contribution in [0.4, 0.5) is 28.9 Å². The van der Waals surface area contributed by atoms with Gasteiger partial charge in [0.05, 0.1) is 36.0 Å². The minimum Gasteiger partial charge on any atom is -0.495 e. The van der Waals surface area contributed by atoms with Crippen molar-refractivity contribution >= 4 is 40.0 Å². The Kier molecular flexibility index (Phi) is 8.58. The zero-order valence-corrected chi connectivity index (χ0v) is 21.4. The van der Waals surface area contributed by atoms with Crippen molar-refractivity contribution in [3.8, 4) is 17.6 Å². The molecular formula is C26H26F4N4O3S. The average Bonchev–Trinajstić information content (AvgIpc) is 3.24. The molecule has 0 saturated carbocycles. The maximum Gasteiger partial charge on any atom is 0.446 e. The molecule has 0 aliphatic carbocycles. The number of halogens is 4. The van der Waals surface area contributed by atoms with Gasteiger partial charge in [0.15, 0.2) is 11.3 Å². The van der Waals surface area contributed by atoms with E-state index in [0.29, 0.717) is 35.7 Å². The molecule has 1 saturated heterocycles. The molecule has 1 aromatic heterocycles. The first-order chi connectivity index (χ1) is 18.2. The zero-order valence-electron chi connectivity index (χ0n) is 20.6. The third kappa shape index (κ3) is 6.46. The van der Waals surface area contributed by atoms with Gasteiger partial charge >= 0.3 is 5.51 Å². The van der Waals surface area contributed by atoms with Gasteiger partial charge in [0.1, 0.15) is 11.9 Å². The predicted octanol–water partition coefficient (Wildman–Crippen LogP) is 4.99. The van der Waals surface area contributed by atoms with E-state index in [2.05, 4.69) is 33.1 Å². The number of piperidine rings is 1. The number of fused-ring (bicyclic) bond motifs is 1. The number of ether oxygens (including phenoxy) is 1. The minimum atomic E-state index is -4.57. The van der Waals surface area contributed by atoms with Crippen LogP contribution in [0.15, 0.2) is 45.7 Å². The third-order valence-corrected chi connectivity index (χ3v) is 6.74. The van der Waals surface area contributed by atoms with Crippen LogP contribution in [0.25, 0.3) is 11.0 Å². The molecule has 1 aliphatic rings. The fraction of sp³-hybridized carbons (Fsp3) is 0.346. The minimum absolute atomic E-state index is 0.0322. The molecule has 12 heteroatoms. The molecule has 202 valence electrons. The summed E-state index contributed by atoms with van der Waals surface area (Å²) >= 11 is -0.306. The second-order valence-corrected chi connectivity index (χ2v) is 9.47. The lowest BCUT2D eigenvalue weighted by molar-refractivity contribution is -0.0328. The van der Waals surface area contributed by atoms with E-state index in [9.17, 15) is 22.4 Å². The van der Waals surface area contributed by atoms with Crippen molar-refractivity contribution in [2.75, 3.05) is 44.4 Å². The smallest absolute Gasteiger partial charge is 0.446 e. The van der Waals surface area contributed by atoms with E-state index < -0.39 is 17.7 Å². The number of hydrogen-bond donors (Lipinski definition) is 4. The highest BCUT2D eigenvalue weighted by atomic mass is 32.2. The predicted molar refractivity (Wildman–Crippen MR) is 140 cm³/mol. The number of hydrogen-bond acceptors (Lipinski definition) is 7. The average molecular weight is 551 g/mol. The van der Waals surface area contributed by atoms with Crippen LogP contribution in [0.2, 0.25) is 0 Å². The van der Waals surface area contributed by atoms with Gasteiger partial charge in [0.25, 0.3) is 5.91 Å². The molecule has 3 aromatic rings. The Morgan fingerprint density at radius 2 is 2.08 bits per heavy atom. The van der Waals surface area contributed by atoms with E-state index in [-0.39, 0.29) is 52.4 Å². The molecule has 4 N–H and O–H groups in total. The van der Waals surface area contributed by atoms with Crippen LogP contribution < -0.4 is 26.0 Å². The van der Waals surface area contributed by atoms with Crippen LogP contribution in [-0.2, 0) is 0 Å². The molecule has 0 unspecified atom stereocenters. The SMILES string of the molecule is CNC(=O)c1ccc(OC)c(NCC#Cc2oc3c(N[C@@H]4CCNC[C@@H]4F)cccc3c2SC(F)(F)F)c1. The highest BCUT2D eigenvalue weighted by Gasteiger charge is 2.34. The lowest BCUT2D eigenvalue weighted by Crippen LogP contribution is -2.45. The molecule has 1 amide bonds. The molecule has 0 spiro atoms. The summed E-state index contributed by atoms with van der Waals surface area (Å²) in [5.74, 6) is 5.50. The van der Waals surface area contributed by atoms with Crippen LogP contribution in [0.3, 0.4) is 0 Å². The second-order valence-electron chi connectivity index (χ2n) is 8.40. The molecule has 2 atom stereocenters. The lowest BCUT2D eigenvalue weighted by atomic mass is 10.0.